The summed E-state index contributed by atoms with van der Waals surface area (Å²) in [6.07, 6.45) is 0.917. The van der Waals surface area contributed by atoms with Crippen molar-refractivity contribution in [1.82, 2.24) is 4.90 Å². The van der Waals surface area contributed by atoms with E-state index in [1.165, 1.54) is 0 Å². The van der Waals surface area contributed by atoms with Crippen LogP contribution in [0.2, 0.25) is 0 Å². The van der Waals surface area contributed by atoms with Crippen molar-refractivity contribution in [3.63, 3.8) is 0 Å². The molecule has 100 valence electrons. The summed E-state index contributed by atoms with van der Waals surface area (Å²) >= 11 is 0. The molecule has 0 aliphatic carbocycles. The number of hydrogen-bond acceptors (Lipinski definition) is 6. The smallest absolute Gasteiger partial charge is 0.323 e. The number of hydrogen-bond donors (Lipinski definition) is 0. The van der Waals surface area contributed by atoms with Gasteiger partial charge in [-0.3, -0.25) is 13.9 Å². The van der Waals surface area contributed by atoms with Crippen LogP contribution in [0.5, 0.6) is 0 Å². The minimum Gasteiger partial charge on any atom is -0.465 e. The summed E-state index contributed by atoms with van der Waals surface area (Å²) in [7, 11) is -3.48. The fourth-order valence-electron chi connectivity index (χ4n) is 2.01. The van der Waals surface area contributed by atoms with Gasteiger partial charge in [0.2, 0.25) is 0 Å². The Balaban J connectivity index is 2.65. The second-order valence-corrected chi connectivity index (χ2v) is 5.61. The molecule has 1 heterocycles. The Kier molecular flexibility index (Phi) is 4.91. The lowest BCUT2D eigenvalue weighted by molar-refractivity contribution is -0.148. The Morgan fingerprint density at radius 2 is 2.06 bits per heavy atom. The number of carbonyl (C=O) groups is 1. The van der Waals surface area contributed by atoms with Crippen molar-refractivity contribution in [2.24, 2.45) is 0 Å². The van der Waals surface area contributed by atoms with Crippen molar-refractivity contribution in [3.8, 4) is 0 Å². The van der Waals surface area contributed by atoms with Crippen molar-refractivity contribution in [2.45, 2.75) is 32.4 Å². The molecule has 0 radical (unpaired) electrons. The first-order chi connectivity index (χ1) is 7.87. The van der Waals surface area contributed by atoms with Crippen LogP contribution in [0.3, 0.4) is 0 Å². The fourth-order valence-corrected chi connectivity index (χ4v) is 2.65. The van der Waals surface area contributed by atoms with E-state index in [1.54, 1.807) is 6.92 Å². The average Bonchev–Trinajstić information content (AvgIpc) is 2.58. The van der Waals surface area contributed by atoms with Gasteiger partial charge in [-0.25, -0.2) is 0 Å². The summed E-state index contributed by atoms with van der Waals surface area (Å²) < 4.78 is 31.9. The van der Waals surface area contributed by atoms with Crippen molar-refractivity contribution in [3.05, 3.63) is 0 Å². The Labute approximate surface area is 102 Å². The SMILES string of the molecule is CCOC(=O)[C@@H]1CC(OS(C)(=O)=O)CN1CC. The zero-order valence-electron chi connectivity index (χ0n) is 10.4. The van der Waals surface area contributed by atoms with Gasteiger partial charge < -0.3 is 4.74 Å². The number of nitrogens with zero attached hydrogens (tertiary/aromatic N) is 1. The zero-order chi connectivity index (χ0) is 13.1. The summed E-state index contributed by atoms with van der Waals surface area (Å²) in [6, 6.07) is -0.397. The van der Waals surface area contributed by atoms with Gasteiger partial charge in [0.25, 0.3) is 10.1 Å². The molecule has 0 spiro atoms. The average molecular weight is 265 g/mol. The molecular formula is C10H19NO5S. The van der Waals surface area contributed by atoms with Crippen LogP contribution in [0.1, 0.15) is 20.3 Å². The van der Waals surface area contributed by atoms with Crippen molar-refractivity contribution in [1.29, 1.82) is 0 Å². The first kappa shape index (κ1) is 14.4. The summed E-state index contributed by atoms with van der Waals surface area (Å²) in [5.41, 5.74) is 0. The lowest BCUT2D eigenvalue weighted by atomic mass is 10.2. The van der Waals surface area contributed by atoms with E-state index in [9.17, 15) is 13.2 Å². The predicted octanol–water partition coefficient (Wildman–Crippen LogP) is -0.0115. The Bertz CT molecular complexity index is 367. The minimum atomic E-state index is -3.48. The molecule has 1 aliphatic heterocycles. The standard InChI is InChI=1S/C10H19NO5S/c1-4-11-7-8(16-17(3,13)14)6-9(11)10(12)15-5-2/h8-9H,4-7H2,1-3H3/t8?,9-/m0/s1. The van der Waals surface area contributed by atoms with Crippen molar-refractivity contribution in [2.75, 3.05) is 26.0 Å². The first-order valence-electron chi connectivity index (χ1n) is 5.66. The van der Waals surface area contributed by atoms with Gasteiger partial charge >= 0.3 is 5.97 Å². The maximum Gasteiger partial charge on any atom is 0.323 e. The fraction of sp³-hybridized carbons (Fsp3) is 0.900. The molecule has 17 heavy (non-hydrogen) atoms. The molecule has 0 saturated carbocycles. The quantitative estimate of drug-likeness (QED) is 0.514. The molecule has 1 fully saturated rings. The maximum absolute atomic E-state index is 11.7. The summed E-state index contributed by atoms with van der Waals surface area (Å²) in [5.74, 6) is -0.311. The lowest BCUT2D eigenvalue weighted by Crippen LogP contribution is -2.37. The van der Waals surface area contributed by atoms with Crippen molar-refractivity contribution < 1.29 is 22.1 Å². The molecule has 1 rings (SSSR count). The van der Waals surface area contributed by atoms with Crippen LogP contribution in [0.4, 0.5) is 0 Å². The minimum absolute atomic E-state index is 0.311. The number of carbonyl (C=O) groups excluding carboxylic acids is 1. The van der Waals surface area contributed by atoms with Crippen LogP contribution in [0.15, 0.2) is 0 Å². The van der Waals surface area contributed by atoms with Gasteiger partial charge in [-0.15, -0.1) is 0 Å². The van der Waals surface area contributed by atoms with E-state index in [0.717, 1.165) is 6.26 Å². The highest BCUT2D eigenvalue weighted by Gasteiger charge is 2.38. The summed E-state index contributed by atoms with van der Waals surface area (Å²) in [4.78, 5) is 13.5. The van der Waals surface area contributed by atoms with Crippen molar-refractivity contribution >= 4 is 16.1 Å². The zero-order valence-corrected chi connectivity index (χ0v) is 11.2. The predicted molar refractivity (Wildman–Crippen MR) is 62.0 cm³/mol. The lowest BCUT2D eigenvalue weighted by Gasteiger charge is -2.20. The Hall–Kier alpha value is -0.660. The topological polar surface area (TPSA) is 72.9 Å². The van der Waals surface area contributed by atoms with Gasteiger partial charge in [0.1, 0.15) is 6.04 Å². The number of esters is 1. The number of ether oxygens (including phenoxy) is 1. The molecule has 0 amide bonds. The van der Waals surface area contributed by atoms with Gasteiger partial charge in [-0.2, -0.15) is 8.42 Å². The molecule has 7 heteroatoms. The molecule has 1 aliphatic rings. The number of likely N-dealkylation sites (tertiary alicyclic amines) is 1. The van der Waals surface area contributed by atoms with Gasteiger partial charge in [0.05, 0.1) is 19.0 Å². The van der Waals surface area contributed by atoms with E-state index in [0.29, 0.717) is 26.1 Å². The van der Waals surface area contributed by atoms with Crippen LogP contribution in [-0.2, 0) is 23.8 Å². The van der Waals surface area contributed by atoms with Gasteiger partial charge in [-0.1, -0.05) is 6.92 Å². The largest absolute Gasteiger partial charge is 0.465 e. The normalized spacial score (nSPS) is 26.1. The summed E-state index contributed by atoms with van der Waals surface area (Å²) in [5, 5.41) is 0. The van der Waals surface area contributed by atoms with Crippen LogP contribution in [0, 0.1) is 0 Å². The molecule has 0 N–H and O–H groups in total. The van der Waals surface area contributed by atoms with Crippen LogP contribution >= 0.6 is 0 Å². The first-order valence-corrected chi connectivity index (χ1v) is 7.48. The molecule has 0 bridgehead atoms. The van der Waals surface area contributed by atoms with Crippen LogP contribution in [0.25, 0.3) is 0 Å². The highest BCUT2D eigenvalue weighted by atomic mass is 32.2. The Morgan fingerprint density at radius 3 is 2.53 bits per heavy atom. The molecule has 0 aromatic rings. The van der Waals surface area contributed by atoms with Gasteiger partial charge in [0, 0.05) is 13.0 Å². The van der Waals surface area contributed by atoms with E-state index >= 15 is 0 Å². The van der Waals surface area contributed by atoms with Gasteiger partial charge in [0.15, 0.2) is 0 Å². The van der Waals surface area contributed by atoms with E-state index in [1.807, 2.05) is 11.8 Å². The highest BCUT2D eigenvalue weighted by Crippen LogP contribution is 2.22. The number of likely N-dealkylation sites (N-methyl/N-ethyl adjacent to an activating group) is 1. The molecule has 1 saturated heterocycles. The van der Waals surface area contributed by atoms with E-state index in [-0.39, 0.29) is 5.97 Å². The summed E-state index contributed by atoms with van der Waals surface area (Å²) in [6.45, 7) is 5.08. The molecule has 6 nitrogen and oxygen atoms in total. The second-order valence-electron chi connectivity index (χ2n) is 4.01. The third-order valence-corrected chi connectivity index (χ3v) is 3.26. The molecule has 0 aromatic heterocycles. The molecule has 0 aromatic carbocycles. The monoisotopic (exact) mass is 265 g/mol. The molecule has 1 unspecified atom stereocenters. The molecule has 2 atom stereocenters. The van der Waals surface area contributed by atoms with E-state index < -0.39 is 22.3 Å². The second kappa shape index (κ2) is 5.79. The number of rotatable bonds is 5. The maximum atomic E-state index is 11.7. The van der Waals surface area contributed by atoms with E-state index in [2.05, 4.69) is 0 Å². The Morgan fingerprint density at radius 1 is 1.41 bits per heavy atom. The van der Waals surface area contributed by atoms with Crippen LogP contribution in [-0.4, -0.2) is 57.4 Å². The highest BCUT2D eigenvalue weighted by molar-refractivity contribution is 7.86. The third kappa shape index (κ3) is 4.25. The van der Waals surface area contributed by atoms with Gasteiger partial charge in [-0.05, 0) is 13.5 Å². The van der Waals surface area contributed by atoms with Crippen LogP contribution < -0.4 is 0 Å². The third-order valence-electron chi connectivity index (χ3n) is 2.64. The molecular weight excluding hydrogens is 246 g/mol. The van der Waals surface area contributed by atoms with E-state index in [4.69, 9.17) is 8.92 Å².